The minimum absolute atomic E-state index is 0.0567. The monoisotopic (exact) mass is 553 g/mol. The van der Waals surface area contributed by atoms with E-state index in [1.54, 1.807) is 24.3 Å². The van der Waals surface area contributed by atoms with Crippen molar-refractivity contribution in [3.8, 4) is 5.75 Å². The van der Waals surface area contributed by atoms with E-state index in [-0.39, 0.29) is 30.0 Å². The van der Waals surface area contributed by atoms with Crippen molar-refractivity contribution in [2.75, 3.05) is 5.32 Å². The summed E-state index contributed by atoms with van der Waals surface area (Å²) in [4.78, 5) is 48.1. The third-order valence-corrected chi connectivity index (χ3v) is 5.96. The maximum absolute atomic E-state index is 13.0. The number of rotatable bonds is 13. The summed E-state index contributed by atoms with van der Waals surface area (Å²) in [6, 6.07) is 17.9. The summed E-state index contributed by atoms with van der Waals surface area (Å²) in [6.07, 6.45) is 0.0581. The highest BCUT2D eigenvalue weighted by molar-refractivity contribution is 6.30. The van der Waals surface area contributed by atoms with Crippen LogP contribution in [0.4, 0.5) is 5.69 Å². The van der Waals surface area contributed by atoms with Gasteiger partial charge in [0.05, 0.1) is 18.2 Å². The van der Waals surface area contributed by atoms with Gasteiger partial charge in [-0.1, -0.05) is 54.1 Å². The first-order valence-corrected chi connectivity index (χ1v) is 12.4. The molecule has 0 aliphatic rings. The fourth-order valence-corrected chi connectivity index (χ4v) is 3.71. The van der Waals surface area contributed by atoms with Gasteiger partial charge in [0.15, 0.2) is 0 Å². The molecule has 0 aromatic heterocycles. The van der Waals surface area contributed by atoms with Gasteiger partial charge in [-0.3, -0.25) is 14.4 Å². The number of aliphatic carboxylic acids is 2. The van der Waals surface area contributed by atoms with Crippen LogP contribution in [0.15, 0.2) is 72.8 Å². The van der Waals surface area contributed by atoms with Crippen molar-refractivity contribution in [1.82, 2.24) is 5.32 Å². The zero-order chi connectivity index (χ0) is 28.4. The summed E-state index contributed by atoms with van der Waals surface area (Å²) in [6.45, 7) is 0.0567. The van der Waals surface area contributed by atoms with Crippen LogP contribution in [0.2, 0.25) is 5.02 Å². The molecule has 39 heavy (non-hydrogen) atoms. The number of hydrogen-bond acceptors (Lipinski definition) is 6. The van der Waals surface area contributed by atoms with E-state index in [0.29, 0.717) is 11.4 Å². The number of anilines is 1. The summed E-state index contributed by atoms with van der Waals surface area (Å²) in [5.41, 5.74) is 7.61. The lowest BCUT2D eigenvalue weighted by Gasteiger charge is -2.18. The number of amides is 2. The summed E-state index contributed by atoms with van der Waals surface area (Å²) in [7, 11) is 0. The molecule has 3 aromatic rings. The second-order valence-corrected chi connectivity index (χ2v) is 9.14. The van der Waals surface area contributed by atoms with E-state index in [9.17, 15) is 24.3 Å². The lowest BCUT2D eigenvalue weighted by molar-refractivity contribution is -0.139. The quantitative estimate of drug-likeness (QED) is 0.214. The maximum Gasteiger partial charge on any atom is 0.326 e. The van der Waals surface area contributed by atoms with E-state index in [0.717, 1.165) is 11.1 Å². The Morgan fingerprint density at radius 3 is 2.26 bits per heavy atom. The average molecular weight is 554 g/mol. The molecule has 0 saturated carbocycles. The van der Waals surface area contributed by atoms with Crippen LogP contribution in [0.25, 0.3) is 0 Å². The Morgan fingerprint density at radius 1 is 0.923 bits per heavy atom. The minimum Gasteiger partial charge on any atom is -0.487 e. The summed E-state index contributed by atoms with van der Waals surface area (Å²) in [5.74, 6) is -3.70. The molecule has 2 atom stereocenters. The molecular weight excluding hydrogens is 526 g/mol. The molecule has 0 aliphatic heterocycles. The van der Waals surface area contributed by atoms with Gasteiger partial charge in [0.1, 0.15) is 18.4 Å². The van der Waals surface area contributed by atoms with E-state index in [2.05, 4.69) is 10.6 Å². The molecule has 0 heterocycles. The van der Waals surface area contributed by atoms with Gasteiger partial charge in [-0.05, 0) is 54.3 Å². The van der Waals surface area contributed by atoms with Crippen LogP contribution >= 0.6 is 11.6 Å². The van der Waals surface area contributed by atoms with Crippen LogP contribution in [0.5, 0.6) is 5.75 Å². The van der Waals surface area contributed by atoms with Crippen LogP contribution in [0.3, 0.4) is 0 Å². The van der Waals surface area contributed by atoms with Gasteiger partial charge < -0.3 is 31.3 Å². The van der Waals surface area contributed by atoms with Crippen LogP contribution in [-0.4, -0.2) is 46.0 Å². The number of benzene rings is 3. The van der Waals surface area contributed by atoms with E-state index >= 15 is 0 Å². The molecular formula is C28H28ClN3O7. The predicted octanol–water partition coefficient (Wildman–Crippen LogP) is 3.48. The standard InChI is InChI=1S/C28H28ClN3O7/c29-20-10-6-18(7-11-20)16-39-24-14-19(9-13-22(24)31-27(36)21(30)15-25(33)34)26(35)32-23(28(37)38)12-8-17-4-2-1-3-5-17/h1-7,9-11,13-14,21,23H,8,12,15-16,30H2,(H,31,36)(H,32,35)(H,33,34)(H,37,38)/t21-,23-/m0/s1. The molecule has 0 bridgehead atoms. The van der Waals surface area contributed by atoms with E-state index in [1.807, 2.05) is 30.3 Å². The van der Waals surface area contributed by atoms with E-state index in [4.69, 9.17) is 27.2 Å². The van der Waals surface area contributed by atoms with Crippen molar-refractivity contribution in [3.05, 3.63) is 94.5 Å². The molecule has 2 amide bonds. The Bertz CT molecular complexity index is 1320. The number of nitrogens with one attached hydrogen (secondary N) is 2. The number of aryl methyl sites for hydroxylation is 1. The number of ether oxygens (including phenoxy) is 1. The molecule has 0 aliphatic carbocycles. The highest BCUT2D eigenvalue weighted by Gasteiger charge is 2.23. The smallest absolute Gasteiger partial charge is 0.326 e. The molecule has 0 radical (unpaired) electrons. The zero-order valence-corrected chi connectivity index (χ0v) is 21.6. The number of nitrogens with two attached hydrogens (primary N) is 1. The Hall–Kier alpha value is -4.41. The second kappa shape index (κ2) is 13.9. The molecule has 6 N–H and O–H groups in total. The molecule has 0 spiro atoms. The van der Waals surface area contributed by atoms with Crippen molar-refractivity contribution in [1.29, 1.82) is 0 Å². The van der Waals surface area contributed by atoms with Crippen LogP contribution in [0.1, 0.15) is 34.3 Å². The van der Waals surface area contributed by atoms with Crippen LogP contribution in [0, 0.1) is 0 Å². The molecule has 0 unspecified atom stereocenters. The third kappa shape index (κ3) is 9.13. The van der Waals surface area contributed by atoms with Gasteiger partial charge in [-0.25, -0.2) is 4.79 Å². The topological polar surface area (TPSA) is 168 Å². The average Bonchev–Trinajstić information content (AvgIpc) is 2.91. The summed E-state index contributed by atoms with van der Waals surface area (Å²) < 4.78 is 5.86. The highest BCUT2D eigenvalue weighted by Crippen LogP contribution is 2.28. The number of carbonyl (C=O) groups excluding carboxylic acids is 2. The summed E-state index contributed by atoms with van der Waals surface area (Å²) >= 11 is 5.93. The highest BCUT2D eigenvalue weighted by atomic mass is 35.5. The van der Waals surface area contributed by atoms with Crippen molar-refractivity contribution in [2.45, 2.75) is 38.0 Å². The Balaban J connectivity index is 1.78. The van der Waals surface area contributed by atoms with Crippen molar-refractivity contribution in [3.63, 3.8) is 0 Å². The Morgan fingerprint density at radius 2 is 1.62 bits per heavy atom. The number of hydrogen-bond donors (Lipinski definition) is 5. The molecule has 10 nitrogen and oxygen atoms in total. The predicted molar refractivity (Wildman–Crippen MR) is 145 cm³/mol. The minimum atomic E-state index is -1.31. The van der Waals surface area contributed by atoms with Crippen LogP contribution in [-0.2, 0) is 27.4 Å². The number of carbonyl (C=O) groups is 4. The molecule has 0 saturated heterocycles. The van der Waals surface area contributed by atoms with Gasteiger partial charge in [0.2, 0.25) is 5.91 Å². The first-order valence-electron chi connectivity index (χ1n) is 12.0. The SMILES string of the molecule is N[C@@H](CC(=O)O)C(=O)Nc1ccc(C(=O)N[C@@H](CCc2ccccc2)C(=O)O)cc1OCc1ccc(Cl)cc1. The van der Waals surface area contributed by atoms with Crippen molar-refractivity contribution >= 4 is 41.0 Å². The van der Waals surface area contributed by atoms with E-state index < -0.39 is 42.3 Å². The third-order valence-electron chi connectivity index (χ3n) is 5.71. The number of carboxylic acids is 2. The Kier molecular flexibility index (Phi) is 10.4. The first-order chi connectivity index (χ1) is 18.6. The molecule has 11 heteroatoms. The second-order valence-electron chi connectivity index (χ2n) is 8.71. The summed E-state index contributed by atoms with van der Waals surface area (Å²) in [5, 5.41) is 24.1. The van der Waals surface area contributed by atoms with Crippen molar-refractivity contribution in [2.24, 2.45) is 5.73 Å². The maximum atomic E-state index is 13.0. The largest absolute Gasteiger partial charge is 0.487 e. The van der Waals surface area contributed by atoms with Gasteiger partial charge >= 0.3 is 11.9 Å². The Labute approximate surface area is 229 Å². The molecule has 0 fully saturated rings. The molecule has 3 aromatic carbocycles. The van der Waals surface area contributed by atoms with Gasteiger partial charge in [-0.15, -0.1) is 0 Å². The van der Waals surface area contributed by atoms with Gasteiger partial charge in [0, 0.05) is 10.6 Å². The normalized spacial score (nSPS) is 12.2. The fraction of sp³-hybridized carbons (Fsp3) is 0.214. The van der Waals surface area contributed by atoms with E-state index in [1.165, 1.54) is 18.2 Å². The molecule has 3 rings (SSSR count). The molecule has 204 valence electrons. The van der Waals surface area contributed by atoms with Crippen LogP contribution < -0.4 is 21.1 Å². The lowest BCUT2D eigenvalue weighted by Crippen LogP contribution is -2.41. The zero-order valence-electron chi connectivity index (χ0n) is 20.8. The lowest BCUT2D eigenvalue weighted by atomic mass is 10.0. The number of carboxylic acid groups (broad SMARTS) is 2. The fourth-order valence-electron chi connectivity index (χ4n) is 3.59. The van der Waals surface area contributed by atoms with Gasteiger partial charge in [-0.2, -0.15) is 0 Å². The van der Waals surface area contributed by atoms with Crippen molar-refractivity contribution < 1.29 is 34.1 Å². The number of halogens is 1. The first kappa shape index (κ1) is 29.2. The van der Waals surface area contributed by atoms with Gasteiger partial charge in [0.25, 0.3) is 5.91 Å².